The number of likely N-dealkylation sites (tertiary alicyclic amines) is 1. The maximum atomic E-state index is 14.1. The number of anilines is 2. The second-order valence-corrected chi connectivity index (χ2v) is 12.0. The van der Waals surface area contributed by atoms with Gasteiger partial charge in [-0.3, -0.25) is 9.48 Å². The number of carbonyl (C=O) groups excluding carboxylic acids is 1. The number of aryl methyl sites for hydroxylation is 3. The van der Waals surface area contributed by atoms with E-state index in [1.54, 1.807) is 55.5 Å². The van der Waals surface area contributed by atoms with Crippen LogP contribution in [-0.2, 0) is 19.6 Å². The summed E-state index contributed by atoms with van der Waals surface area (Å²) in [6, 6.07) is 9.13. The molecule has 0 aliphatic carbocycles. The molecule has 246 valence electrons. The average Bonchev–Trinajstić information content (AvgIpc) is 3.24. The van der Waals surface area contributed by atoms with E-state index in [1.807, 2.05) is 19.1 Å². The van der Waals surface area contributed by atoms with Crippen LogP contribution in [0.4, 0.5) is 24.5 Å². The molecule has 1 aromatic heterocycles. The number of halogens is 3. The van der Waals surface area contributed by atoms with E-state index in [-0.39, 0.29) is 11.3 Å². The number of nitrogens with zero attached hydrogens (tertiary/aromatic N) is 4. The van der Waals surface area contributed by atoms with Crippen LogP contribution in [0.2, 0.25) is 0 Å². The zero-order chi connectivity index (χ0) is 33.6. The van der Waals surface area contributed by atoms with Gasteiger partial charge in [-0.05, 0) is 107 Å². The summed E-state index contributed by atoms with van der Waals surface area (Å²) in [5.74, 6) is 7.22. The molecule has 2 aliphatic heterocycles. The Morgan fingerprint density at radius 2 is 1.87 bits per heavy atom. The molecule has 2 N–H and O–H groups in total. The summed E-state index contributed by atoms with van der Waals surface area (Å²) in [6.07, 6.45) is 6.44. The number of benzene rings is 2. The van der Waals surface area contributed by atoms with Crippen LogP contribution < -0.4 is 15.4 Å². The standard InChI is InChI=1S/C36H39F3N6O2/c1-24-8-11-29(20-28(24)13-10-26-6-5-7-33(40-22-26)42-32-23-45(3)43-35(32)47-4)34(46)41-30-15-14-27(31(21-30)36(37,38)39)12-9-25-16-18-44(2)19-17-25/h6-8,11,14-15,20-23,25,42H,5,9,12,16-19H2,1-4H3,(H,41,46). The van der Waals surface area contributed by atoms with E-state index in [4.69, 9.17) is 4.74 Å². The summed E-state index contributed by atoms with van der Waals surface area (Å²) in [6.45, 7) is 3.83. The zero-order valence-electron chi connectivity index (χ0n) is 27.0. The van der Waals surface area contributed by atoms with Crippen molar-refractivity contribution in [1.82, 2.24) is 14.7 Å². The van der Waals surface area contributed by atoms with Gasteiger partial charge in [0, 0.05) is 35.6 Å². The molecule has 1 saturated heterocycles. The van der Waals surface area contributed by atoms with Crippen molar-refractivity contribution in [3.63, 3.8) is 0 Å². The monoisotopic (exact) mass is 644 g/mol. The molecule has 0 radical (unpaired) electrons. The Labute approximate surface area is 273 Å². The Morgan fingerprint density at radius 3 is 2.62 bits per heavy atom. The lowest BCUT2D eigenvalue weighted by atomic mass is 9.89. The van der Waals surface area contributed by atoms with E-state index in [0.717, 1.165) is 37.6 Å². The van der Waals surface area contributed by atoms with E-state index < -0.39 is 17.6 Å². The molecule has 0 saturated carbocycles. The van der Waals surface area contributed by atoms with Crippen molar-refractivity contribution < 1.29 is 22.7 Å². The first kappa shape index (κ1) is 33.5. The fourth-order valence-electron chi connectivity index (χ4n) is 5.64. The number of hydrogen-bond acceptors (Lipinski definition) is 6. The maximum absolute atomic E-state index is 14.1. The highest BCUT2D eigenvalue weighted by molar-refractivity contribution is 6.04. The first-order chi connectivity index (χ1) is 22.5. The number of hydrogen-bond donors (Lipinski definition) is 2. The third-order valence-electron chi connectivity index (χ3n) is 8.42. The third kappa shape index (κ3) is 8.92. The van der Waals surface area contributed by atoms with E-state index in [1.165, 1.54) is 6.07 Å². The van der Waals surface area contributed by atoms with Gasteiger partial charge >= 0.3 is 6.18 Å². The number of carbonyl (C=O) groups is 1. The molecule has 11 heteroatoms. The molecule has 5 rings (SSSR count). The summed E-state index contributed by atoms with van der Waals surface area (Å²) in [5.41, 5.74) is 2.81. The van der Waals surface area contributed by atoms with Gasteiger partial charge in [0.25, 0.3) is 11.8 Å². The lowest BCUT2D eigenvalue weighted by Crippen LogP contribution is -2.30. The van der Waals surface area contributed by atoms with Gasteiger partial charge < -0.3 is 20.3 Å². The summed E-state index contributed by atoms with van der Waals surface area (Å²) in [4.78, 5) is 19.9. The molecule has 0 bridgehead atoms. The number of rotatable bonds is 8. The molecule has 0 spiro atoms. The molecule has 0 unspecified atom stereocenters. The van der Waals surface area contributed by atoms with Gasteiger partial charge in [0.2, 0.25) is 0 Å². The van der Waals surface area contributed by atoms with Crippen molar-refractivity contribution in [1.29, 1.82) is 0 Å². The number of alkyl halides is 3. The summed E-state index contributed by atoms with van der Waals surface area (Å²) in [5, 5.41) is 10.1. The van der Waals surface area contributed by atoms with Crippen LogP contribution in [0.15, 0.2) is 71.1 Å². The largest absolute Gasteiger partial charge is 0.478 e. The van der Waals surface area contributed by atoms with Crippen molar-refractivity contribution in [3.05, 3.63) is 94.0 Å². The van der Waals surface area contributed by atoms with Crippen molar-refractivity contribution >= 4 is 23.5 Å². The van der Waals surface area contributed by atoms with Crippen LogP contribution >= 0.6 is 0 Å². The number of aromatic nitrogens is 2. The number of piperidine rings is 1. The molecule has 3 aromatic rings. The minimum absolute atomic E-state index is 0.0965. The maximum Gasteiger partial charge on any atom is 0.416 e. The van der Waals surface area contributed by atoms with E-state index in [0.29, 0.717) is 59.3 Å². The van der Waals surface area contributed by atoms with Crippen molar-refractivity contribution in [2.24, 2.45) is 18.0 Å². The van der Waals surface area contributed by atoms with Gasteiger partial charge in [-0.25, -0.2) is 4.99 Å². The third-order valence-corrected chi connectivity index (χ3v) is 8.42. The number of aliphatic imine (C=N–C) groups is 1. The Kier molecular flexibility index (Phi) is 10.5. The molecule has 2 aromatic carbocycles. The number of nitrogens with one attached hydrogen (secondary N) is 2. The zero-order valence-corrected chi connectivity index (χ0v) is 27.0. The smallest absolute Gasteiger partial charge is 0.416 e. The number of amides is 1. The average molecular weight is 645 g/mol. The molecule has 3 heterocycles. The van der Waals surface area contributed by atoms with Crippen LogP contribution in [0.1, 0.15) is 58.3 Å². The van der Waals surface area contributed by atoms with Gasteiger partial charge in [0.1, 0.15) is 11.5 Å². The molecular weight excluding hydrogens is 605 g/mol. The highest BCUT2D eigenvalue weighted by Crippen LogP contribution is 2.35. The molecule has 47 heavy (non-hydrogen) atoms. The van der Waals surface area contributed by atoms with Gasteiger partial charge in [-0.15, -0.1) is 5.10 Å². The van der Waals surface area contributed by atoms with Crippen molar-refractivity contribution in [3.8, 4) is 17.7 Å². The van der Waals surface area contributed by atoms with Crippen LogP contribution in [0, 0.1) is 24.7 Å². The number of methoxy groups -OCH3 is 1. The van der Waals surface area contributed by atoms with Crippen molar-refractivity contribution in [2.45, 2.75) is 45.2 Å². The highest BCUT2D eigenvalue weighted by Gasteiger charge is 2.34. The molecule has 0 atom stereocenters. The van der Waals surface area contributed by atoms with Crippen LogP contribution in [0.25, 0.3) is 0 Å². The first-order valence-electron chi connectivity index (χ1n) is 15.6. The van der Waals surface area contributed by atoms with E-state index in [2.05, 4.69) is 44.5 Å². The van der Waals surface area contributed by atoms with Gasteiger partial charge in [0.15, 0.2) is 0 Å². The number of allylic oxidation sites excluding steroid dienone is 3. The molecule has 2 aliphatic rings. The molecular formula is C36H39F3N6O2. The lowest BCUT2D eigenvalue weighted by Gasteiger charge is -2.29. The number of ether oxygens (including phenoxy) is 1. The topological polar surface area (TPSA) is 83.8 Å². The second-order valence-electron chi connectivity index (χ2n) is 12.0. The highest BCUT2D eigenvalue weighted by atomic mass is 19.4. The fraction of sp³-hybridized carbons (Fsp3) is 0.361. The Morgan fingerprint density at radius 1 is 1.09 bits per heavy atom. The quantitative estimate of drug-likeness (QED) is 0.259. The minimum atomic E-state index is -4.52. The summed E-state index contributed by atoms with van der Waals surface area (Å²) >= 11 is 0. The van der Waals surface area contributed by atoms with Gasteiger partial charge in [-0.1, -0.05) is 30.0 Å². The summed E-state index contributed by atoms with van der Waals surface area (Å²) in [7, 11) is 5.41. The van der Waals surface area contributed by atoms with Crippen LogP contribution in [0.3, 0.4) is 0 Å². The first-order valence-corrected chi connectivity index (χ1v) is 15.6. The van der Waals surface area contributed by atoms with Gasteiger partial charge in [-0.2, -0.15) is 13.2 Å². The Hall–Kier alpha value is -4.82. The predicted molar refractivity (Wildman–Crippen MR) is 179 cm³/mol. The van der Waals surface area contributed by atoms with Crippen molar-refractivity contribution in [2.75, 3.05) is 37.9 Å². The van der Waals surface area contributed by atoms with Gasteiger partial charge in [0.05, 0.1) is 18.9 Å². The predicted octanol–water partition coefficient (Wildman–Crippen LogP) is 6.99. The van der Waals surface area contributed by atoms with E-state index in [9.17, 15) is 18.0 Å². The minimum Gasteiger partial charge on any atom is -0.478 e. The summed E-state index contributed by atoms with van der Waals surface area (Å²) < 4.78 is 49.1. The second kappa shape index (κ2) is 14.7. The van der Waals surface area contributed by atoms with Crippen LogP contribution in [-0.4, -0.2) is 54.0 Å². The van der Waals surface area contributed by atoms with E-state index >= 15 is 0 Å². The SMILES string of the molecule is COc1nn(C)cc1NC1=CCC=C(C#Cc2cc(C(=O)Nc3ccc(CCC4CCN(C)CC4)c(C(F)(F)F)c3)ccc2C)C=N1. The fourth-order valence-corrected chi connectivity index (χ4v) is 5.64. The Bertz CT molecular complexity index is 1770. The lowest BCUT2D eigenvalue weighted by molar-refractivity contribution is -0.138. The molecule has 1 amide bonds. The Balaban J connectivity index is 1.25. The van der Waals surface area contributed by atoms with Crippen LogP contribution in [0.5, 0.6) is 5.88 Å². The molecule has 8 nitrogen and oxygen atoms in total. The normalized spacial score (nSPS) is 15.6. The molecule has 1 fully saturated rings.